The first-order chi connectivity index (χ1) is 21.5. The molecule has 1 aliphatic heterocycles. The summed E-state index contributed by atoms with van der Waals surface area (Å²) in [6, 6.07) is 28.6. The van der Waals surface area contributed by atoms with Crippen molar-refractivity contribution < 1.29 is 19.1 Å². The molecule has 0 radical (unpaired) electrons. The van der Waals surface area contributed by atoms with Gasteiger partial charge in [0.2, 0.25) is 5.91 Å². The summed E-state index contributed by atoms with van der Waals surface area (Å²) in [5.41, 5.74) is 1.65. The Hall–Kier alpha value is -4.45. The van der Waals surface area contributed by atoms with Crippen LogP contribution in [0.1, 0.15) is 65.7 Å². The number of benzene rings is 4. The first-order valence-electron chi connectivity index (χ1n) is 16.0. The van der Waals surface area contributed by atoms with E-state index in [0.717, 1.165) is 41.5 Å². The molecule has 4 fully saturated rings. The van der Waals surface area contributed by atoms with Gasteiger partial charge in [-0.3, -0.25) is 19.3 Å². The van der Waals surface area contributed by atoms with Crippen LogP contribution in [0.2, 0.25) is 0 Å². The summed E-state index contributed by atoms with van der Waals surface area (Å²) in [6.07, 6.45) is 7.24. The van der Waals surface area contributed by atoms with Gasteiger partial charge in [-0.25, -0.2) is 0 Å². The van der Waals surface area contributed by atoms with E-state index in [9.17, 15) is 14.4 Å². The molecule has 5 aliphatic rings. The van der Waals surface area contributed by atoms with Gasteiger partial charge < -0.3 is 9.64 Å². The molecule has 9 rings (SSSR count). The minimum Gasteiger partial charge on any atom is -0.457 e. The largest absolute Gasteiger partial charge is 0.457 e. The van der Waals surface area contributed by atoms with Crippen LogP contribution in [-0.4, -0.2) is 35.7 Å². The Morgan fingerprint density at radius 3 is 1.89 bits per heavy atom. The number of anilines is 1. The van der Waals surface area contributed by atoms with Crippen LogP contribution >= 0.6 is 0 Å². The topological polar surface area (TPSA) is 66.9 Å². The molecule has 3 amide bonds. The maximum Gasteiger partial charge on any atom is 0.261 e. The van der Waals surface area contributed by atoms with Gasteiger partial charge in [0.25, 0.3) is 11.8 Å². The maximum atomic E-state index is 14.6. The van der Waals surface area contributed by atoms with E-state index in [1.807, 2.05) is 83.8 Å². The number of imide groups is 1. The molecular weight excluding hydrogens is 548 g/mol. The van der Waals surface area contributed by atoms with Crippen molar-refractivity contribution in [1.29, 1.82) is 0 Å². The molecule has 4 aliphatic carbocycles. The second kappa shape index (κ2) is 10.6. The van der Waals surface area contributed by atoms with Crippen molar-refractivity contribution >= 4 is 34.2 Å². The van der Waals surface area contributed by atoms with Gasteiger partial charge in [-0.2, -0.15) is 0 Å². The summed E-state index contributed by atoms with van der Waals surface area (Å²) < 4.78 is 6.03. The molecule has 0 spiro atoms. The first-order valence-corrected chi connectivity index (χ1v) is 16.0. The van der Waals surface area contributed by atoms with Crippen molar-refractivity contribution in [3.63, 3.8) is 0 Å². The fourth-order valence-corrected chi connectivity index (χ4v) is 9.00. The molecule has 222 valence electrons. The number of rotatable bonds is 8. The maximum absolute atomic E-state index is 14.6. The van der Waals surface area contributed by atoms with Crippen LogP contribution in [-0.2, 0) is 4.79 Å². The second-order valence-electron chi connectivity index (χ2n) is 13.4. The monoisotopic (exact) mass is 584 g/mol. The lowest BCUT2D eigenvalue weighted by atomic mass is 9.49. The standard InChI is InChI=1S/C38H36N2O4/c41-35-32-11-4-7-28-8-5-12-33(34(28)32)36(42)40(35)18-6-17-39(29-13-15-31(16-14-29)44-30-9-2-1-3-10-30)37(43)38-22-25-19-26(23-38)21-27(20-25)24-38/h1-5,7-16,25-27H,6,17-24H2. The normalized spacial score (nSPS) is 25.0. The Labute approximate surface area is 257 Å². The zero-order valence-electron chi connectivity index (χ0n) is 24.8. The molecule has 0 atom stereocenters. The van der Waals surface area contributed by atoms with Gasteiger partial charge in [0.05, 0.1) is 5.41 Å². The molecule has 4 saturated carbocycles. The van der Waals surface area contributed by atoms with Gasteiger partial charge in [0.15, 0.2) is 0 Å². The van der Waals surface area contributed by atoms with Gasteiger partial charge >= 0.3 is 0 Å². The van der Waals surface area contributed by atoms with Crippen molar-refractivity contribution in [3.8, 4) is 11.5 Å². The van der Waals surface area contributed by atoms with E-state index >= 15 is 0 Å². The van der Waals surface area contributed by atoms with E-state index in [1.165, 1.54) is 24.2 Å². The van der Waals surface area contributed by atoms with Crippen molar-refractivity contribution in [2.45, 2.75) is 44.9 Å². The summed E-state index contributed by atoms with van der Waals surface area (Å²) in [4.78, 5) is 45.0. The molecule has 0 N–H and O–H groups in total. The predicted octanol–water partition coefficient (Wildman–Crippen LogP) is 7.87. The highest BCUT2D eigenvalue weighted by Gasteiger charge is 2.55. The zero-order chi connectivity index (χ0) is 29.8. The highest BCUT2D eigenvalue weighted by Crippen LogP contribution is 2.60. The van der Waals surface area contributed by atoms with Crippen molar-refractivity contribution in [2.24, 2.45) is 23.2 Å². The molecule has 6 nitrogen and oxygen atoms in total. The Bertz CT molecular complexity index is 1680. The fourth-order valence-electron chi connectivity index (χ4n) is 9.00. The smallest absolute Gasteiger partial charge is 0.261 e. The molecule has 0 saturated heterocycles. The van der Waals surface area contributed by atoms with Gasteiger partial charge in [0, 0.05) is 35.3 Å². The summed E-state index contributed by atoms with van der Waals surface area (Å²) in [6.45, 7) is 0.685. The van der Waals surface area contributed by atoms with Crippen LogP contribution in [0, 0.1) is 23.2 Å². The number of ether oxygens (including phenoxy) is 1. The first kappa shape index (κ1) is 27.1. The number of hydrogen-bond donors (Lipinski definition) is 0. The summed E-state index contributed by atoms with van der Waals surface area (Å²) in [5, 5.41) is 1.63. The van der Waals surface area contributed by atoms with Crippen LogP contribution in [0.25, 0.3) is 10.8 Å². The predicted molar refractivity (Wildman–Crippen MR) is 170 cm³/mol. The van der Waals surface area contributed by atoms with Crippen molar-refractivity contribution in [1.82, 2.24) is 4.90 Å². The molecule has 4 bridgehead atoms. The van der Waals surface area contributed by atoms with E-state index in [1.54, 1.807) is 12.1 Å². The van der Waals surface area contributed by atoms with E-state index in [2.05, 4.69) is 0 Å². The number of hydrogen-bond acceptors (Lipinski definition) is 4. The van der Waals surface area contributed by atoms with Crippen LogP contribution in [0.15, 0.2) is 91.0 Å². The van der Waals surface area contributed by atoms with Crippen LogP contribution in [0.5, 0.6) is 11.5 Å². The van der Waals surface area contributed by atoms with E-state index in [0.29, 0.717) is 47.6 Å². The van der Waals surface area contributed by atoms with Gasteiger partial charge in [-0.05, 0) is 117 Å². The number of amides is 3. The minimum absolute atomic E-state index is 0.208. The quantitative estimate of drug-likeness (QED) is 0.198. The van der Waals surface area contributed by atoms with Gasteiger partial charge in [-0.15, -0.1) is 0 Å². The lowest BCUT2D eigenvalue weighted by Crippen LogP contribution is -2.55. The SMILES string of the molecule is O=C1c2cccc3cccc(c23)C(=O)N1CCCN(C(=O)C12CC3CC(CC(C3)C1)C2)c1ccc(Oc2ccccc2)cc1. The number of nitrogens with zero attached hydrogens (tertiary/aromatic N) is 2. The Morgan fingerprint density at radius 1 is 0.727 bits per heavy atom. The molecular formula is C38H36N2O4. The molecule has 4 aromatic rings. The number of carbonyl (C=O) groups is 3. The molecule has 4 aromatic carbocycles. The lowest BCUT2D eigenvalue weighted by Gasteiger charge is -2.56. The summed E-state index contributed by atoms with van der Waals surface area (Å²) in [7, 11) is 0. The van der Waals surface area contributed by atoms with Crippen LogP contribution in [0.3, 0.4) is 0 Å². The molecule has 0 aromatic heterocycles. The molecule has 44 heavy (non-hydrogen) atoms. The molecule has 6 heteroatoms. The highest BCUT2D eigenvalue weighted by molar-refractivity contribution is 6.25. The number of para-hydroxylation sites is 1. The average Bonchev–Trinajstić information content (AvgIpc) is 3.03. The van der Waals surface area contributed by atoms with Crippen LogP contribution < -0.4 is 9.64 Å². The van der Waals surface area contributed by atoms with E-state index in [4.69, 9.17) is 4.74 Å². The van der Waals surface area contributed by atoms with Crippen LogP contribution in [0.4, 0.5) is 5.69 Å². The van der Waals surface area contributed by atoms with Crippen molar-refractivity contribution in [3.05, 3.63) is 102 Å². The van der Waals surface area contributed by atoms with Crippen molar-refractivity contribution in [2.75, 3.05) is 18.0 Å². The molecule has 1 heterocycles. The minimum atomic E-state index is -0.306. The third kappa shape index (κ3) is 4.59. The molecule has 0 unspecified atom stereocenters. The van der Waals surface area contributed by atoms with E-state index in [-0.39, 0.29) is 29.7 Å². The third-order valence-electron chi connectivity index (χ3n) is 10.5. The highest BCUT2D eigenvalue weighted by atomic mass is 16.5. The average molecular weight is 585 g/mol. The second-order valence-corrected chi connectivity index (χ2v) is 13.4. The summed E-state index contributed by atoms with van der Waals surface area (Å²) in [5.74, 6) is 3.11. The lowest BCUT2D eigenvalue weighted by molar-refractivity contribution is -0.143. The zero-order valence-corrected chi connectivity index (χ0v) is 24.8. The summed E-state index contributed by atoms with van der Waals surface area (Å²) >= 11 is 0. The van der Waals surface area contributed by atoms with Gasteiger partial charge in [0.1, 0.15) is 11.5 Å². The Kier molecular flexibility index (Phi) is 6.55. The Balaban J connectivity index is 1.05. The fraction of sp³-hybridized carbons (Fsp3) is 0.342. The van der Waals surface area contributed by atoms with Gasteiger partial charge in [-0.1, -0.05) is 42.5 Å². The Morgan fingerprint density at radius 2 is 1.30 bits per heavy atom. The van der Waals surface area contributed by atoms with E-state index < -0.39 is 0 Å². The third-order valence-corrected chi connectivity index (χ3v) is 10.5. The number of carbonyl (C=O) groups excluding carboxylic acids is 3.